The number of aryl methyl sites for hydroxylation is 1. The van der Waals surface area contributed by atoms with E-state index in [4.69, 9.17) is 9.15 Å². The molecule has 0 radical (unpaired) electrons. The van der Waals surface area contributed by atoms with E-state index in [9.17, 15) is 19.7 Å². The van der Waals surface area contributed by atoms with Gasteiger partial charge in [-0.1, -0.05) is 0 Å². The molecule has 0 aliphatic rings. The summed E-state index contributed by atoms with van der Waals surface area (Å²) in [7, 11) is 0. The maximum absolute atomic E-state index is 11.9. The third-order valence-corrected chi connectivity index (χ3v) is 2.69. The Morgan fingerprint density at radius 3 is 2.70 bits per heavy atom. The van der Waals surface area contributed by atoms with Crippen LogP contribution >= 0.6 is 0 Å². The molecule has 7 heteroatoms. The molecule has 0 spiro atoms. The molecule has 0 saturated carbocycles. The van der Waals surface area contributed by atoms with Crippen LogP contribution < -0.4 is 5.43 Å². The molecule has 0 amide bonds. The van der Waals surface area contributed by atoms with E-state index < -0.39 is 16.3 Å². The Labute approximate surface area is 112 Å². The predicted octanol–water partition coefficient (Wildman–Crippen LogP) is 2.19. The number of ether oxygens (including phenoxy) is 1. The largest absolute Gasteiger partial charge is 0.460 e. The van der Waals surface area contributed by atoms with E-state index in [-0.39, 0.29) is 29.0 Å². The quantitative estimate of drug-likeness (QED) is 0.484. The molecule has 0 aliphatic carbocycles. The minimum atomic E-state index is -0.746. The van der Waals surface area contributed by atoms with Gasteiger partial charge in [-0.2, -0.15) is 0 Å². The minimum Gasteiger partial charge on any atom is -0.460 e. The summed E-state index contributed by atoms with van der Waals surface area (Å²) in [6, 6.07) is 3.38. The van der Waals surface area contributed by atoms with E-state index >= 15 is 0 Å². The molecule has 20 heavy (non-hydrogen) atoms. The van der Waals surface area contributed by atoms with Gasteiger partial charge in [0.1, 0.15) is 5.58 Å². The Hall–Kier alpha value is -2.70. The van der Waals surface area contributed by atoms with Gasteiger partial charge in [-0.15, -0.1) is 0 Å². The van der Waals surface area contributed by atoms with E-state index in [2.05, 4.69) is 0 Å². The van der Waals surface area contributed by atoms with E-state index in [1.807, 2.05) is 0 Å². The lowest BCUT2D eigenvalue weighted by Gasteiger charge is -2.04. The molecule has 1 aromatic carbocycles. The number of hydrogen-bond acceptors (Lipinski definition) is 6. The first-order chi connectivity index (χ1) is 9.43. The summed E-state index contributed by atoms with van der Waals surface area (Å²) in [5, 5.41) is 10.8. The lowest BCUT2D eigenvalue weighted by Crippen LogP contribution is -2.10. The number of rotatable bonds is 3. The van der Waals surface area contributed by atoms with Crippen LogP contribution in [0.2, 0.25) is 0 Å². The van der Waals surface area contributed by atoms with Crippen molar-refractivity contribution < 1.29 is 18.9 Å². The summed E-state index contributed by atoms with van der Waals surface area (Å²) in [6.45, 7) is 3.35. The Bertz CT molecular complexity index is 761. The minimum absolute atomic E-state index is 0.0600. The summed E-state index contributed by atoms with van der Waals surface area (Å²) in [5.41, 5.74) is -0.184. The summed E-state index contributed by atoms with van der Waals surface area (Å²) >= 11 is 0. The first kappa shape index (κ1) is 13.7. The molecule has 1 aromatic heterocycles. The van der Waals surface area contributed by atoms with E-state index in [0.717, 1.165) is 12.1 Å². The third-order valence-electron chi connectivity index (χ3n) is 2.69. The Morgan fingerprint density at radius 2 is 2.10 bits per heavy atom. The SMILES string of the molecule is CCOC(=O)c1cc(=O)c2cc([N+](=O)[O-])cc(C)c2o1. The maximum atomic E-state index is 11.9. The van der Waals surface area contributed by atoms with Gasteiger partial charge >= 0.3 is 5.97 Å². The van der Waals surface area contributed by atoms with Gasteiger partial charge < -0.3 is 9.15 Å². The summed E-state index contributed by atoms with van der Waals surface area (Å²) in [6.07, 6.45) is 0. The number of nitro benzene ring substituents is 1. The van der Waals surface area contributed by atoms with Crippen molar-refractivity contribution in [2.45, 2.75) is 13.8 Å². The van der Waals surface area contributed by atoms with Crippen LogP contribution in [-0.4, -0.2) is 17.5 Å². The summed E-state index contributed by atoms with van der Waals surface area (Å²) < 4.78 is 10.1. The highest BCUT2D eigenvalue weighted by Crippen LogP contribution is 2.23. The van der Waals surface area contributed by atoms with Crippen molar-refractivity contribution in [2.24, 2.45) is 0 Å². The average Bonchev–Trinajstić information content (AvgIpc) is 2.39. The first-order valence-corrected chi connectivity index (χ1v) is 5.84. The average molecular weight is 277 g/mol. The van der Waals surface area contributed by atoms with Crippen molar-refractivity contribution in [2.75, 3.05) is 6.61 Å². The zero-order chi connectivity index (χ0) is 14.9. The number of fused-ring (bicyclic) bond motifs is 1. The smallest absolute Gasteiger partial charge is 0.374 e. The number of carbonyl (C=O) groups excluding carboxylic acids is 1. The third kappa shape index (κ3) is 2.37. The number of benzene rings is 1. The lowest BCUT2D eigenvalue weighted by molar-refractivity contribution is -0.384. The monoisotopic (exact) mass is 277 g/mol. The zero-order valence-corrected chi connectivity index (χ0v) is 10.8. The van der Waals surface area contributed by atoms with Crippen LogP contribution in [0.5, 0.6) is 0 Å². The van der Waals surface area contributed by atoms with E-state index in [0.29, 0.717) is 5.56 Å². The Morgan fingerprint density at radius 1 is 1.40 bits per heavy atom. The standard InChI is InChI=1S/C13H11NO6/c1-3-19-13(16)11-6-10(15)9-5-8(14(17)18)4-7(2)12(9)20-11/h4-6H,3H2,1-2H3. The van der Waals surface area contributed by atoms with Gasteiger partial charge in [-0.25, -0.2) is 4.79 Å². The lowest BCUT2D eigenvalue weighted by atomic mass is 10.1. The summed E-state index contributed by atoms with van der Waals surface area (Å²) in [5.74, 6) is -0.967. The van der Waals surface area contributed by atoms with Gasteiger partial charge in [0.25, 0.3) is 5.69 Å². The van der Waals surface area contributed by atoms with Crippen LogP contribution in [0, 0.1) is 17.0 Å². The molecule has 7 nitrogen and oxygen atoms in total. The highest BCUT2D eigenvalue weighted by molar-refractivity contribution is 5.90. The molecule has 0 saturated heterocycles. The number of nitrogens with zero attached hydrogens (tertiary/aromatic N) is 1. The fourth-order valence-electron chi connectivity index (χ4n) is 1.82. The number of non-ortho nitro benzene ring substituents is 1. The highest BCUT2D eigenvalue weighted by Gasteiger charge is 2.17. The molecule has 0 aliphatic heterocycles. The molecule has 104 valence electrons. The predicted molar refractivity (Wildman–Crippen MR) is 69.8 cm³/mol. The topological polar surface area (TPSA) is 99.7 Å². The van der Waals surface area contributed by atoms with Gasteiger partial charge in [-0.3, -0.25) is 14.9 Å². The first-order valence-electron chi connectivity index (χ1n) is 5.84. The van der Waals surface area contributed by atoms with Crippen molar-refractivity contribution in [3.05, 3.63) is 49.9 Å². The van der Waals surface area contributed by atoms with Crippen LogP contribution in [0.3, 0.4) is 0 Å². The molecule has 2 aromatic rings. The van der Waals surface area contributed by atoms with Crippen molar-refractivity contribution in [3.63, 3.8) is 0 Å². The van der Waals surface area contributed by atoms with Crippen LogP contribution in [0.15, 0.2) is 27.4 Å². The molecule has 0 unspecified atom stereocenters. The van der Waals surface area contributed by atoms with E-state index in [1.165, 1.54) is 6.07 Å². The van der Waals surface area contributed by atoms with Crippen LogP contribution in [0.4, 0.5) is 5.69 Å². The second-order valence-corrected chi connectivity index (χ2v) is 4.09. The van der Waals surface area contributed by atoms with Gasteiger partial charge in [0.05, 0.1) is 16.9 Å². The second kappa shape index (κ2) is 5.12. The number of hydrogen-bond donors (Lipinski definition) is 0. The molecule has 1 heterocycles. The molecule has 0 atom stereocenters. The number of carbonyl (C=O) groups is 1. The second-order valence-electron chi connectivity index (χ2n) is 4.09. The van der Waals surface area contributed by atoms with Crippen molar-refractivity contribution in [1.29, 1.82) is 0 Å². The highest BCUT2D eigenvalue weighted by atomic mass is 16.6. The van der Waals surface area contributed by atoms with Crippen molar-refractivity contribution >= 4 is 22.6 Å². The summed E-state index contributed by atoms with van der Waals surface area (Å²) in [4.78, 5) is 33.7. The van der Waals surface area contributed by atoms with Gasteiger partial charge in [0, 0.05) is 18.2 Å². The van der Waals surface area contributed by atoms with Gasteiger partial charge in [-0.05, 0) is 19.4 Å². The Balaban J connectivity index is 2.70. The molecule has 0 N–H and O–H groups in total. The normalized spacial score (nSPS) is 10.5. The molecular weight excluding hydrogens is 266 g/mol. The maximum Gasteiger partial charge on any atom is 0.374 e. The van der Waals surface area contributed by atoms with Gasteiger partial charge in [0.15, 0.2) is 5.43 Å². The van der Waals surface area contributed by atoms with E-state index in [1.54, 1.807) is 13.8 Å². The molecule has 2 rings (SSSR count). The van der Waals surface area contributed by atoms with Crippen LogP contribution in [0.1, 0.15) is 23.0 Å². The zero-order valence-electron chi connectivity index (χ0n) is 10.8. The molecular formula is C13H11NO6. The fourth-order valence-corrected chi connectivity index (χ4v) is 1.82. The van der Waals surface area contributed by atoms with Crippen LogP contribution in [0.25, 0.3) is 11.0 Å². The Kier molecular flexibility index (Phi) is 3.51. The number of nitro groups is 1. The molecule has 0 bridgehead atoms. The fraction of sp³-hybridized carbons (Fsp3) is 0.231. The van der Waals surface area contributed by atoms with Crippen molar-refractivity contribution in [1.82, 2.24) is 0 Å². The van der Waals surface area contributed by atoms with Gasteiger partial charge in [0.2, 0.25) is 5.76 Å². The number of esters is 1. The molecule has 0 fully saturated rings. The van der Waals surface area contributed by atoms with Crippen LogP contribution in [-0.2, 0) is 4.74 Å². The van der Waals surface area contributed by atoms with Crippen molar-refractivity contribution in [3.8, 4) is 0 Å².